The number of aliphatic hydroxyl groups is 1. The van der Waals surface area contributed by atoms with Crippen molar-refractivity contribution < 1.29 is 10.2 Å². The molecule has 0 saturated carbocycles. The first-order chi connectivity index (χ1) is 15.9. The van der Waals surface area contributed by atoms with Gasteiger partial charge < -0.3 is 10.2 Å². The van der Waals surface area contributed by atoms with Crippen LogP contribution in [0.2, 0.25) is 0 Å². The summed E-state index contributed by atoms with van der Waals surface area (Å²) in [6.07, 6.45) is 6.11. The number of aliphatic hydroxyl groups excluding tert-OH is 1. The lowest BCUT2D eigenvalue weighted by Crippen LogP contribution is -2.03. The zero-order valence-corrected chi connectivity index (χ0v) is 18.6. The predicted octanol–water partition coefficient (Wildman–Crippen LogP) is 4.53. The second kappa shape index (κ2) is 9.63. The summed E-state index contributed by atoms with van der Waals surface area (Å²) in [6, 6.07) is 15.3. The molecule has 0 radical (unpaired) electrons. The van der Waals surface area contributed by atoms with Crippen LogP contribution in [0.25, 0.3) is 33.6 Å². The van der Waals surface area contributed by atoms with Gasteiger partial charge in [-0.3, -0.25) is 14.6 Å². The molecule has 7 nitrogen and oxygen atoms in total. The highest BCUT2D eigenvalue weighted by atomic mass is 16.3. The number of hydrogen-bond acceptors (Lipinski definition) is 6. The molecule has 1 atom stereocenters. The molecule has 0 aliphatic carbocycles. The summed E-state index contributed by atoms with van der Waals surface area (Å²) in [6.45, 7) is 3.79. The van der Waals surface area contributed by atoms with Crippen molar-refractivity contribution in [1.82, 2.24) is 19.7 Å². The molecule has 0 saturated heterocycles. The number of aromatic hydroxyl groups is 1. The first kappa shape index (κ1) is 22.2. The predicted molar refractivity (Wildman–Crippen MR) is 126 cm³/mol. The van der Waals surface area contributed by atoms with Gasteiger partial charge in [0.15, 0.2) is 0 Å². The molecule has 0 spiro atoms. The van der Waals surface area contributed by atoms with Gasteiger partial charge in [-0.2, -0.15) is 10.4 Å². The van der Waals surface area contributed by atoms with Crippen LogP contribution >= 0.6 is 0 Å². The van der Waals surface area contributed by atoms with Crippen LogP contribution in [0.15, 0.2) is 61.1 Å². The van der Waals surface area contributed by atoms with Crippen molar-refractivity contribution in [3.63, 3.8) is 0 Å². The maximum atomic E-state index is 10.2. The van der Waals surface area contributed by atoms with E-state index in [1.165, 1.54) is 0 Å². The molecule has 3 aromatic heterocycles. The van der Waals surface area contributed by atoms with E-state index in [1.54, 1.807) is 36.1 Å². The molecule has 1 aromatic carbocycles. The number of nitrogens with zero attached hydrogens (tertiary/aromatic N) is 5. The maximum absolute atomic E-state index is 10.2. The van der Waals surface area contributed by atoms with E-state index >= 15 is 0 Å². The molecule has 3 heterocycles. The fraction of sp³-hybridized carbons (Fsp3) is 0.231. The van der Waals surface area contributed by atoms with E-state index in [2.05, 4.69) is 16.2 Å². The second-order valence-electron chi connectivity index (χ2n) is 8.17. The molecule has 4 rings (SSSR count). The largest absolute Gasteiger partial charge is 0.508 e. The SMILES string of the molecule is Cc1cc(O)cc(-c2nn(CC#N)cc2-c2cc(CC[C@H](C)O)nc(-c3cccnc3)c2)c1. The number of phenolic OH excluding ortho intramolecular Hbond substituents is 1. The zero-order valence-electron chi connectivity index (χ0n) is 18.6. The molecule has 7 heteroatoms. The minimum atomic E-state index is -0.429. The number of benzene rings is 1. The van der Waals surface area contributed by atoms with Gasteiger partial charge in [0.25, 0.3) is 0 Å². The van der Waals surface area contributed by atoms with Crippen LogP contribution in [0.5, 0.6) is 5.75 Å². The van der Waals surface area contributed by atoms with Crippen LogP contribution in [0, 0.1) is 18.3 Å². The molecule has 0 aliphatic rings. The van der Waals surface area contributed by atoms with Crippen molar-refractivity contribution in [2.75, 3.05) is 0 Å². The van der Waals surface area contributed by atoms with Crippen molar-refractivity contribution in [1.29, 1.82) is 5.26 Å². The molecule has 33 heavy (non-hydrogen) atoms. The van der Waals surface area contributed by atoms with Gasteiger partial charge in [0.05, 0.1) is 17.9 Å². The summed E-state index contributed by atoms with van der Waals surface area (Å²) in [5.74, 6) is 0.161. The number of aryl methyl sites for hydroxylation is 2. The number of pyridine rings is 2. The summed E-state index contributed by atoms with van der Waals surface area (Å²) in [4.78, 5) is 9.02. The van der Waals surface area contributed by atoms with Crippen LogP contribution in [0.4, 0.5) is 0 Å². The van der Waals surface area contributed by atoms with Crippen LogP contribution in [-0.2, 0) is 13.0 Å². The molecule has 0 fully saturated rings. The van der Waals surface area contributed by atoms with Crippen LogP contribution in [-0.4, -0.2) is 36.1 Å². The Kier molecular flexibility index (Phi) is 6.48. The standard InChI is InChI=1S/C26H25N5O2/c1-17-10-21(13-23(33)11-17)26-24(16-31(30-26)9-7-27)20-12-22(6-5-18(2)32)29-25(14-20)19-4-3-8-28-15-19/h3-4,8,10-16,18,32-33H,5-6,9H2,1-2H3/t18-/m0/s1. The topological polar surface area (TPSA) is 108 Å². The monoisotopic (exact) mass is 439 g/mol. The average Bonchev–Trinajstić information content (AvgIpc) is 3.22. The summed E-state index contributed by atoms with van der Waals surface area (Å²) in [5.41, 5.74) is 6.58. The Morgan fingerprint density at radius 1 is 1.12 bits per heavy atom. The van der Waals surface area contributed by atoms with Crippen molar-refractivity contribution in [3.05, 3.63) is 72.3 Å². The van der Waals surface area contributed by atoms with Gasteiger partial charge in [0.2, 0.25) is 0 Å². The van der Waals surface area contributed by atoms with Gasteiger partial charge >= 0.3 is 0 Å². The Hall–Kier alpha value is -4.02. The Labute approximate surface area is 192 Å². The van der Waals surface area contributed by atoms with Gasteiger partial charge in [0, 0.05) is 41.0 Å². The molecule has 0 unspecified atom stereocenters. The normalized spacial score (nSPS) is 11.8. The summed E-state index contributed by atoms with van der Waals surface area (Å²) >= 11 is 0. The first-order valence-electron chi connectivity index (χ1n) is 10.8. The van der Waals surface area contributed by atoms with Gasteiger partial charge in [-0.1, -0.05) is 0 Å². The van der Waals surface area contributed by atoms with Gasteiger partial charge in [-0.05, 0) is 80.3 Å². The average molecular weight is 440 g/mol. The van der Waals surface area contributed by atoms with E-state index in [0.717, 1.165) is 39.2 Å². The van der Waals surface area contributed by atoms with E-state index in [-0.39, 0.29) is 12.3 Å². The van der Waals surface area contributed by atoms with E-state index < -0.39 is 6.10 Å². The minimum Gasteiger partial charge on any atom is -0.508 e. The third-order valence-electron chi connectivity index (χ3n) is 5.29. The maximum Gasteiger partial charge on any atom is 0.128 e. The highest BCUT2D eigenvalue weighted by Gasteiger charge is 2.17. The fourth-order valence-electron chi connectivity index (χ4n) is 3.79. The van der Waals surface area contributed by atoms with Crippen molar-refractivity contribution in [2.24, 2.45) is 0 Å². The molecule has 0 aliphatic heterocycles. The number of phenols is 1. The lowest BCUT2D eigenvalue weighted by Gasteiger charge is -2.11. The highest BCUT2D eigenvalue weighted by Crippen LogP contribution is 2.35. The number of nitriles is 1. The quantitative estimate of drug-likeness (QED) is 0.438. The molecule has 166 valence electrons. The van der Waals surface area contributed by atoms with Gasteiger partial charge in [-0.25, -0.2) is 0 Å². The molecule has 0 bridgehead atoms. The lowest BCUT2D eigenvalue weighted by atomic mass is 9.98. The van der Waals surface area contributed by atoms with Crippen molar-refractivity contribution >= 4 is 0 Å². The highest BCUT2D eigenvalue weighted by molar-refractivity contribution is 5.83. The second-order valence-corrected chi connectivity index (χ2v) is 8.17. The minimum absolute atomic E-state index is 0.111. The summed E-state index contributed by atoms with van der Waals surface area (Å²) in [7, 11) is 0. The number of aromatic nitrogens is 4. The van der Waals surface area contributed by atoms with E-state index in [4.69, 9.17) is 4.98 Å². The number of hydrogen-bond donors (Lipinski definition) is 2. The first-order valence-corrected chi connectivity index (χ1v) is 10.8. The van der Waals surface area contributed by atoms with Crippen LogP contribution in [0.3, 0.4) is 0 Å². The third kappa shape index (κ3) is 5.25. The van der Waals surface area contributed by atoms with Gasteiger partial charge in [-0.15, -0.1) is 0 Å². The third-order valence-corrected chi connectivity index (χ3v) is 5.29. The zero-order chi connectivity index (χ0) is 23.4. The molecule has 0 amide bonds. The molecule has 2 N–H and O–H groups in total. The van der Waals surface area contributed by atoms with E-state index in [1.807, 2.05) is 43.5 Å². The Balaban J connectivity index is 1.90. The van der Waals surface area contributed by atoms with Crippen molar-refractivity contribution in [2.45, 2.75) is 39.3 Å². The molecule has 4 aromatic rings. The molecular formula is C26H25N5O2. The summed E-state index contributed by atoms with van der Waals surface area (Å²) in [5, 5.41) is 33.8. The van der Waals surface area contributed by atoms with E-state index in [0.29, 0.717) is 18.5 Å². The molecular weight excluding hydrogens is 414 g/mol. The van der Waals surface area contributed by atoms with Crippen molar-refractivity contribution in [3.8, 4) is 45.5 Å². The Morgan fingerprint density at radius 2 is 1.97 bits per heavy atom. The van der Waals surface area contributed by atoms with E-state index in [9.17, 15) is 15.5 Å². The smallest absolute Gasteiger partial charge is 0.128 e. The van der Waals surface area contributed by atoms with Crippen LogP contribution in [0.1, 0.15) is 24.6 Å². The van der Waals surface area contributed by atoms with Gasteiger partial charge in [0.1, 0.15) is 18.0 Å². The van der Waals surface area contributed by atoms with Crippen LogP contribution < -0.4 is 0 Å². The number of rotatable bonds is 7. The summed E-state index contributed by atoms with van der Waals surface area (Å²) < 4.78 is 1.60. The fourth-order valence-corrected chi connectivity index (χ4v) is 3.79. The Bertz CT molecular complexity index is 1290. The lowest BCUT2D eigenvalue weighted by molar-refractivity contribution is 0.184. The Morgan fingerprint density at radius 3 is 2.67 bits per heavy atom.